The summed E-state index contributed by atoms with van der Waals surface area (Å²) in [5.41, 5.74) is 2.55. The van der Waals surface area contributed by atoms with Crippen molar-refractivity contribution in [3.05, 3.63) is 57.0 Å². The fourth-order valence-corrected chi connectivity index (χ4v) is 3.79. The Morgan fingerprint density at radius 2 is 2.09 bits per heavy atom. The Bertz CT molecular complexity index is 805. The minimum absolute atomic E-state index is 0.0793. The maximum atomic E-state index is 12.0. The fraction of sp³-hybridized carbons (Fsp3) is 0.235. The van der Waals surface area contributed by atoms with Crippen LogP contribution in [-0.4, -0.2) is 22.4 Å². The Morgan fingerprint density at radius 1 is 1.22 bits per heavy atom. The zero-order valence-electron chi connectivity index (χ0n) is 13.0. The van der Waals surface area contributed by atoms with E-state index in [0.717, 1.165) is 22.8 Å². The van der Waals surface area contributed by atoms with Gasteiger partial charge in [0.2, 0.25) is 0 Å². The lowest BCUT2D eigenvalue weighted by molar-refractivity contribution is 0.0954. The molecular weight excluding hydrogens is 326 g/mol. The van der Waals surface area contributed by atoms with Crippen LogP contribution in [0, 0.1) is 13.8 Å². The molecular formula is C17H17N3OS2. The van der Waals surface area contributed by atoms with E-state index in [1.165, 1.54) is 9.75 Å². The van der Waals surface area contributed by atoms with E-state index in [1.807, 2.05) is 19.9 Å². The van der Waals surface area contributed by atoms with Crippen molar-refractivity contribution < 1.29 is 4.79 Å². The molecule has 23 heavy (non-hydrogen) atoms. The van der Waals surface area contributed by atoms with E-state index in [0.29, 0.717) is 12.1 Å². The summed E-state index contributed by atoms with van der Waals surface area (Å²) < 4.78 is 0. The van der Waals surface area contributed by atoms with Crippen molar-refractivity contribution in [3.63, 3.8) is 0 Å². The lowest BCUT2D eigenvalue weighted by Gasteiger charge is -2.04. The molecule has 0 aliphatic carbocycles. The van der Waals surface area contributed by atoms with Crippen LogP contribution in [0.25, 0.3) is 10.6 Å². The molecule has 0 spiro atoms. The number of hydrogen-bond acceptors (Lipinski definition) is 5. The number of nitrogens with one attached hydrogen (secondary N) is 1. The smallest absolute Gasteiger partial charge is 0.252 e. The molecule has 118 valence electrons. The lowest BCUT2D eigenvalue weighted by atomic mass is 10.2. The van der Waals surface area contributed by atoms with Crippen LogP contribution in [0.5, 0.6) is 0 Å². The molecule has 6 heteroatoms. The molecule has 4 nitrogen and oxygen atoms in total. The first-order valence-electron chi connectivity index (χ1n) is 7.34. The highest BCUT2D eigenvalue weighted by Gasteiger charge is 2.08. The summed E-state index contributed by atoms with van der Waals surface area (Å²) in [6, 6.07) is 7.84. The molecule has 1 amide bonds. The first-order chi connectivity index (χ1) is 11.1. The first kappa shape index (κ1) is 15.8. The third kappa shape index (κ3) is 4.03. The molecule has 1 N–H and O–H groups in total. The van der Waals surface area contributed by atoms with Crippen LogP contribution in [0.1, 0.15) is 25.9 Å². The Morgan fingerprint density at radius 3 is 2.78 bits per heavy atom. The van der Waals surface area contributed by atoms with E-state index in [2.05, 4.69) is 32.8 Å². The molecule has 0 radical (unpaired) electrons. The van der Waals surface area contributed by atoms with Crippen molar-refractivity contribution in [2.75, 3.05) is 6.54 Å². The SMILES string of the molecule is Cc1ccc(C(=O)NCCc2ccc(-c3csc(C)n3)s2)cn1. The summed E-state index contributed by atoms with van der Waals surface area (Å²) >= 11 is 3.39. The maximum absolute atomic E-state index is 12.0. The molecule has 0 aromatic carbocycles. The van der Waals surface area contributed by atoms with Crippen molar-refractivity contribution in [3.8, 4) is 10.6 Å². The van der Waals surface area contributed by atoms with Crippen LogP contribution < -0.4 is 5.32 Å². The van der Waals surface area contributed by atoms with E-state index in [-0.39, 0.29) is 5.91 Å². The molecule has 0 bridgehead atoms. The Kier molecular flexibility index (Phi) is 4.83. The second-order valence-electron chi connectivity index (χ2n) is 5.21. The van der Waals surface area contributed by atoms with Crippen LogP contribution in [0.15, 0.2) is 35.8 Å². The van der Waals surface area contributed by atoms with Crippen molar-refractivity contribution in [1.82, 2.24) is 15.3 Å². The predicted molar refractivity (Wildman–Crippen MR) is 95.2 cm³/mol. The van der Waals surface area contributed by atoms with Crippen molar-refractivity contribution in [1.29, 1.82) is 0 Å². The van der Waals surface area contributed by atoms with Gasteiger partial charge in [0.15, 0.2) is 0 Å². The van der Waals surface area contributed by atoms with Crippen LogP contribution in [0.3, 0.4) is 0 Å². The number of aromatic nitrogens is 2. The second-order valence-corrected chi connectivity index (χ2v) is 7.44. The monoisotopic (exact) mass is 343 g/mol. The van der Waals surface area contributed by atoms with Gasteiger partial charge in [0, 0.05) is 28.7 Å². The van der Waals surface area contributed by atoms with Crippen molar-refractivity contribution >= 4 is 28.6 Å². The normalized spacial score (nSPS) is 10.7. The van der Waals surface area contributed by atoms with Gasteiger partial charge in [0.05, 0.1) is 21.1 Å². The maximum Gasteiger partial charge on any atom is 0.252 e. The minimum atomic E-state index is -0.0793. The number of thiophene rings is 1. The Hall–Kier alpha value is -2.05. The van der Waals surface area contributed by atoms with E-state index in [4.69, 9.17) is 0 Å². The molecule has 3 heterocycles. The highest BCUT2D eigenvalue weighted by Crippen LogP contribution is 2.29. The quantitative estimate of drug-likeness (QED) is 0.765. The third-order valence-electron chi connectivity index (χ3n) is 3.36. The van der Waals surface area contributed by atoms with Gasteiger partial charge in [-0.1, -0.05) is 0 Å². The molecule has 0 saturated carbocycles. The van der Waals surface area contributed by atoms with Crippen LogP contribution >= 0.6 is 22.7 Å². The van der Waals surface area contributed by atoms with Gasteiger partial charge in [-0.2, -0.15) is 0 Å². The zero-order chi connectivity index (χ0) is 16.2. The summed E-state index contributed by atoms with van der Waals surface area (Å²) in [6.45, 7) is 4.53. The number of amides is 1. The van der Waals surface area contributed by atoms with E-state index >= 15 is 0 Å². The van der Waals surface area contributed by atoms with Crippen molar-refractivity contribution in [2.45, 2.75) is 20.3 Å². The average Bonchev–Trinajstić information content (AvgIpc) is 3.17. The van der Waals surface area contributed by atoms with E-state index in [9.17, 15) is 4.79 Å². The molecule has 3 rings (SSSR count). The van der Waals surface area contributed by atoms with Crippen molar-refractivity contribution in [2.24, 2.45) is 0 Å². The number of aryl methyl sites for hydroxylation is 2. The molecule has 0 saturated heterocycles. The Labute approximate surface area is 143 Å². The molecule has 0 aliphatic rings. The molecule has 0 unspecified atom stereocenters. The number of hydrogen-bond donors (Lipinski definition) is 1. The zero-order valence-corrected chi connectivity index (χ0v) is 14.6. The molecule has 0 aliphatic heterocycles. The molecule has 3 aromatic rings. The minimum Gasteiger partial charge on any atom is -0.352 e. The summed E-state index contributed by atoms with van der Waals surface area (Å²) in [5.74, 6) is -0.0793. The highest BCUT2D eigenvalue weighted by molar-refractivity contribution is 7.16. The second kappa shape index (κ2) is 7.02. The predicted octanol–water partition coefficient (Wildman–Crippen LogP) is 3.86. The number of nitrogens with zero attached hydrogens (tertiary/aromatic N) is 2. The summed E-state index contributed by atoms with van der Waals surface area (Å²) in [7, 11) is 0. The van der Waals surface area contributed by atoms with Crippen LogP contribution in [0.2, 0.25) is 0 Å². The standard InChI is InChI=1S/C17H17N3OS2/c1-11-3-4-13(9-19-11)17(21)18-8-7-14-5-6-16(23-14)15-10-22-12(2)20-15/h3-6,9-10H,7-8H2,1-2H3,(H,18,21). The highest BCUT2D eigenvalue weighted by atomic mass is 32.1. The van der Waals surface area contributed by atoms with Crippen LogP contribution in [0.4, 0.5) is 0 Å². The van der Waals surface area contributed by atoms with E-state index in [1.54, 1.807) is 34.9 Å². The van der Waals surface area contributed by atoms with Gasteiger partial charge >= 0.3 is 0 Å². The first-order valence-corrected chi connectivity index (χ1v) is 9.03. The Balaban J connectivity index is 1.54. The van der Waals surface area contributed by atoms with Gasteiger partial charge in [-0.15, -0.1) is 22.7 Å². The fourth-order valence-electron chi connectivity index (χ4n) is 2.13. The van der Waals surface area contributed by atoms with Gasteiger partial charge in [-0.05, 0) is 44.5 Å². The number of carbonyl (C=O) groups is 1. The third-order valence-corrected chi connectivity index (χ3v) is 5.30. The van der Waals surface area contributed by atoms with Gasteiger partial charge < -0.3 is 5.32 Å². The van der Waals surface area contributed by atoms with Crippen LogP contribution in [-0.2, 0) is 6.42 Å². The topological polar surface area (TPSA) is 54.9 Å². The number of thiazole rings is 1. The molecule has 0 fully saturated rings. The average molecular weight is 343 g/mol. The lowest BCUT2D eigenvalue weighted by Crippen LogP contribution is -2.25. The van der Waals surface area contributed by atoms with Gasteiger partial charge in [0.1, 0.15) is 0 Å². The molecule has 3 aromatic heterocycles. The summed E-state index contributed by atoms with van der Waals surface area (Å²) in [6.07, 6.45) is 2.43. The van der Waals surface area contributed by atoms with E-state index < -0.39 is 0 Å². The van der Waals surface area contributed by atoms with Gasteiger partial charge in [0.25, 0.3) is 5.91 Å². The summed E-state index contributed by atoms with van der Waals surface area (Å²) in [4.78, 5) is 23.1. The molecule has 0 atom stereocenters. The largest absolute Gasteiger partial charge is 0.352 e. The van der Waals surface area contributed by atoms with Gasteiger partial charge in [-0.3, -0.25) is 9.78 Å². The summed E-state index contributed by atoms with van der Waals surface area (Å²) in [5, 5.41) is 6.09. The number of pyridine rings is 1. The number of carbonyl (C=O) groups excluding carboxylic acids is 1. The number of rotatable bonds is 5. The van der Waals surface area contributed by atoms with Gasteiger partial charge in [-0.25, -0.2) is 4.98 Å².